The van der Waals surface area contributed by atoms with Crippen LogP contribution in [0.4, 0.5) is 4.79 Å². The Bertz CT molecular complexity index is 328. The molecule has 110 valence electrons. The second kappa shape index (κ2) is 6.37. The van der Waals surface area contributed by atoms with Crippen molar-refractivity contribution in [3.63, 3.8) is 0 Å². The van der Waals surface area contributed by atoms with Gasteiger partial charge in [0.2, 0.25) is 5.91 Å². The molecule has 0 aromatic carbocycles. The van der Waals surface area contributed by atoms with Crippen LogP contribution in [0.3, 0.4) is 0 Å². The van der Waals surface area contributed by atoms with Crippen molar-refractivity contribution >= 4 is 12.0 Å². The van der Waals surface area contributed by atoms with Crippen molar-refractivity contribution in [3.8, 4) is 0 Å². The minimum Gasteiger partial charge on any atom is -0.444 e. The summed E-state index contributed by atoms with van der Waals surface area (Å²) in [7, 11) is 0. The first-order valence-corrected chi connectivity index (χ1v) is 7.08. The first-order chi connectivity index (χ1) is 8.79. The van der Waals surface area contributed by atoms with E-state index in [-0.39, 0.29) is 5.91 Å². The molecule has 2 amide bonds. The number of nitrogens with one attached hydrogen (secondary N) is 2. The first kappa shape index (κ1) is 16.0. The molecule has 0 radical (unpaired) electrons. The molecule has 1 heterocycles. The molecule has 0 unspecified atom stereocenters. The van der Waals surface area contributed by atoms with Gasteiger partial charge >= 0.3 is 6.09 Å². The number of unbranched alkanes of at least 4 members (excludes halogenated alkanes) is 1. The van der Waals surface area contributed by atoms with Gasteiger partial charge in [0, 0.05) is 0 Å². The summed E-state index contributed by atoms with van der Waals surface area (Å²) in [6, 6.07) is 0. The number of alkyl carbamates (subject to hydrolysis) is 1. The monoisotopic (exact) mass is 270 g/mol. The van der Waals surface area contributed by atoms with E-state index in [1.807, 2.05) is 0 Å². The minimum atomic E-state index is -0.665. The van der Waals surface area contributed by atoms with Gasteiger partial charge in [-0.25, -0.2) is 4.79 Å². The van der Waals surface area contributed by atoms with Crippen molar-refractivity contribution < 1.29 is 14.3 Å². The summed E-state index contributed by atoms with van der Waals surface area (Å²) < 4.78 is 5.12. The van der Waals surface area contributed by atoms with Crippen LogP contribution in [0.2, 0.25) is 0 Å². The summed E-state index contributed by atoms with van der Waals surface area (Å²) in [5, 5.41) is 5.62. The Morgan fingerprint density at radius 3 is 2.53 bits per heavy atom. The molecule has 0 aliphatic carbocycles. The smallest absolute Gasteiger partial charge is 0.414 e. The normalized spacial score (nSPS) is 23.2. The van der Waals surface area contributed by atoms with E-state index in [9.17, 15) is 9.59 Å². The highest BCUT2D eigenvalue weighted by Gasteiger charge is 2.41. The highest BCUT2D eigenvalue weighted by atomic mass is 16.6. The van der Waals surface area contributed by atoms with Crippen LogP contribution in [0.1, 0.15) is 59.8 Å². The van der Waals surface area contributed by atoms with Crippen LogP contribution in [-0.4, -0.2) is 29.7 Å². The summed E-state index contributed by atoms with van der Waals surface area (Å²) in [4.78, 5) is 24.0. The SMILES string of the molecule is CCCC[C@]1(C(=O)NC(=O)OC(C)(C)C)CCCN1. The summed E-state index contributed by atoms with van der Waals surface area (Å²) >= 11 is 0. The third-order valence-electron chi connectivity index (χ3n) is 3.25. The van der Waals surface area contributed by atoms with Gasteiger partial charge in [0.05, 0.1) is 5.54 Å². The van der Waals surface area contributed by atoms with Gasteiger partial charge in [-0.2, -0.15) is 0 Å². The third-order valence-corrected chi connectivity index (χ3v) is 3.25. The lowest BCUT2D eigenvalue weighted by molar-refractivity contribution is -0.127. The van der Waals surface area contributed by atoms with Gasteiger partial charge < -0.3 is 10.1 Å². The lowest BCUT2D eigenvalue weighted by Gasteiger charge is -2.28. The van der Waals surface area contributed by atoms with Gasteiger partial charge in [-0.3, -0.25) is 10.1 Å². The van der Waals surface area contributed by atoms with Gasteiger partial charge in [-0.1, -0.05) is 19.8 Å². The zero-order chi connectivity index (χ0) is 14.5. The van der Waals surface area contributed by atoms with Crippen LogP contribution in [0.25, 0.3) is 0 Å². The Morgan fingerprint density at radius 2 is 2.05 bits per heavy atom. The van der Waals surface area contributed by atoms with E-state index < -0.39 is 17.2 Å². The second-order valence-electron chi connectivity index (χ2n) is 6.17. The fraction of sp³-hybridized carbons (Fsp3) is 0.857. The first-order valence-electron chi connectivity index (χ1n) is 7.08. The molecule has 2 N–H and O–H groups in total. The predicted molar refractivity (Wildman–Crippen MR) is 73.9 cm³/mol. The Kier molecular flexibility index (Phi) is 5.35. The average Bonchev–Trinajstić information content (AvgIpc) is 2.73. The van der Waals surface area contributed by atoms with Crippen molar-refractivity contribution in [2.24, 2.45) is 0 Å². The quantitative estimate of drug-likeness (QED) is 0.823. The fourth-order valence-electron chi connectivity index (χ4n) is 2.32. The standard InChI is InChI=1S/C14H26N2O3/c1-5-6-8-14(9-7-10-15-14)11(17)16-12(18)19-13(2,3)4/h15H,5-10H2,1-4H3,(H,16,17,18)/t14-/m1/s1. The number of ether oxygens (including phenoxy) is 1. The second-order valence-corrected chi connectivity index (χ2v) is 6.17. The fourth-order valence-corrected chi connectivity index (χ4v) is 2.32. The van der Waals surface area contributed by atoms with E-state index in [0.29, 0.717) is 0 Å². The minimum absolute atomic E-state index is 0.257. The van der Waals surface area contributed by atoms with Gasteiger partial charge in [0.15, 0.2) is 0 Å². The van der Waals surface area contributed by atoms with Crippen molar-refractivity contribution in [2.45, 2.75) is 70.9 Å². The average molecular weight is 270 g/mol. The van der Waals surface area contributed by atoms with Gasteiger partial charge in [0.25, 0.3) is 0 Å². The molecule has 1 aliphatic rings. The molecule has 5 nitrogen and oxygen atoms in total. The number of hydrogen-bond donors (Lipinski definition) is 2. The summed E-state index contributed by atoms with van der Waals surface area (Å²) in [6.07, 6.45) is 3.84. The van der Waals surface area contributed by atoms with Crippen LogP contribution in [0.15, 0.2) is 0 Å². The van der Waals surface area contributed by atoms with E-state index in [4.69, 9.17) is 4.74 Å². The van der Waals surface area contributed by atoms with Crippen LogP contribution in [-0.2, 0) is 9.53 Å². The lowest BCUT2D eigenvalue weighted by Crippen LogP contribution is -2.55. The molecule has 1 atom stereocenters. The molecule has 5 heteroatoms. The van der Waals surface area contributed by atoms with Crippen molar-refractivity contribution in [1.82, 2.24) is 10.6 Å². The zero-order valence-electron chi connectivity index (χ0n) is 12.5. The number of amides is 2. The Morgan fingerprint density at radius 1 is 1.37 bits per heavy atom. The number of hydrogen-bond acceptors (Lipinski definition) is 4. The third kappa shape index (κ3) is 4.82. The highest BCUT2D eigenvalue weighted by molar-refractivity contribution is 5.97. The molecule has 0 spiro atoms. The number of carbonyl (C=O) groups excluding carboxylic acids is 2. The highest BCUT2D eigenvalue weighted by Crippen LogP contribution is 2.25. The number of imide groups is 1. The van der Waals surface area contributed by atoms with E-state index in [2.05, 4.69) is 17.6 Å². The molecule has 1 fully saturated rings. The maximum absolute atomic E-state index is 12.3. The van der Waals surface area contributed by atoms with Gasteiger partial charge in [-0.05, 0) is 46.6 Å². The van der Waals surface area contributed by atoms with Gasteiger partial charge in [0.1, 0.15) is 5.60 Å². The topological polar surface area (TPSA) is 67.4 Å². The van der Waals surface area contributed by atoms with E-state index >= 15 is 0 Å². The lowest BCUT2D eigenvalue weighted by atomic mass is 9.90. The predicted octanol–water partition coefficient (Wildman–Crippen LogP) is 2.35. The molecule has 0 aromatic heterocycles. The van der Waals surface area contributed by atoms with Crippen molar-refractivity contribution in [3.05, 3.63) is 0 Å². The maximum Gasteiger partial charge on any atom is 0.414 e. The van der Waals surface area contributed by atoms with Gasteiger partial charge in [-0.15, -0.1) is 0 Å². The van der Waals surface area contributed by atoms with E-state index in [0.717, 1.165) is 38.6 Å². The summed E-state index contributed by atoms with van der Waals surface area (Å²) in [6.45, 7) is 8.24. The molecule has 0 bridgehead atoms. The van der Waals surface area contributed by atoms with Crippen molar-refractivity contribution in [1.29, 1.82) is 0 Å². The molecule has 1 saturated heterocycles. The Balaban J connectivity index is 2.60. The summed E-state index contributed by atoms with van der Waals surface area (Å²) in [5.74, 6) is -0.257. The number of carbonyl (C=O) groups is 2. The zero-order valence-corrected chi connectivity index (χ0v) is 12.5. The van der Waals surface area contributed by atoms with Crippen molar-refractivity contribution in [2.75, 3.05) is 6.54 Å². The molecule has 1 aliphatic heterocycles. The van der Waals surface area contributed by atoms with E-state index in [1.54, 1.807) is 20.8 Å². The van der Waals surface area contributed by atoms with E-state index in [1.165, 1.54) is 0 Å². The van der Waals surface area contributed by atoms with Crippen LogP contribution < -0.4 is 10.6 Å². The summed E-state index contributed by atoms with van der Waals surface area (Å²) in [5.41, 5.74) is -1.18. The maximum atomic E-state index is 12.3. The van der Waals surface area contributed by atoms with Crippen LogP contribution in [0.5, 0.6) is 0 Å². The molecule has 1 rings (SSSR count). The molecule has 0 aromatic rings. The Hall–Kier alpha value is -1.10. The van der Waals surface area contributed by atoms with Crippen LogP contribution in [0, 0.1) is 0 Å². The largest absolute Gasteiger partial charge is 0.444 e. The Labute approximate surface area is 115 Å². The molecular formula is C14H26N2O3. The van der Waals surface area contributed by atoms with Crippen LogP contribution >= 0.6 is 0 Å². The molecular weight excluding hydrogens is 244 g/mol. The molecule has 0 saturated carbocycles. The number of rotatable bonds is 4. The molecule has 19 heavy (non-hydrogen) atoms.